The molecule has 0 aliphatic carbocycles. The quantitative estimate of drug-likeness (QED) is 0.714. The molecule has 0 bridgehead atoms. The highest BCUT2D eigenvalue weighted by atomic mass is 35.5. The molecule has 1 aromatic heterocycles. The van der Waals surface area contributed by atoms with E-state index in [-0.39, 0.29) is 11.7 Å². The van der Waals surface area contributed by atoms with Crippen molar-refractivity contribution in [1.82, 2.24) is 14.7 Å². The highest BCUT2D eigenvalue weighted by molar-refractivity contribution is 6.30. The molecule has 1 aliphatic heterocycles. The predicted molar refractivity (Wildman–Crippen MR) is 107 cm³/mol. The van der Waals surface area contributed by atoms with E-state index in [0.717, 1.165) is 22.4 Å². The van der Waals surface area contributed by atoms with Gasteiger partial charge in [0.25, 0.3) is 5.91 Å². The Hall–Kier alpha value is -2.99. The zero-order valence-corrected chi connectivity index (χ0v) is 16.4. The van der Waals surface area contributed by atoms with Gasteiger partial charge in [0.1, 0.15) is 12.3 Å². The molecule has 0 unspecified atom stereocenters. The average Bonchev–Trinajstić information content (AvgIpc) is 2.87. The molecule has 2 aromatic carbocycles. The number of halogens is 1. The summed E-state index contributed by atoms with van der Waals surface area (Å²) in [5.41, 5.74) is 3.76. The third-order valence-corrected chi connectivity index (χ3v) is 5.02. The second-order valence-electron chi connectivity index (χ2n) is 6.86. The molecule has 0 atom stereocenters. The van der Waals surface area contributed by atoms with Crippen LogP contribution in [0.25, 0.3) is 11.1 Å². The number of aryl methyl sites for hydroxylation is 2. The Morgan fingerprint density at radius 2 is 2.04 bits per heavy atom. The number of nitrogens with zero attached hydrogens (tertiary/aromatic N) is 3. The molecule has 0 spiro atoms. The summed E-state index contributed by atoms with van der Waals surface area (Å²) in [5, 5.41) is 15.4. The van der Waals surface area contributed by atoms with Gasteiger partial charge < -0.3 is 14.7 Å². The molecule has 0 fully saturated rings. The van der Waals surface area contributed by atoms with Crippen LogP contribution in [-0.4, -0.2) is 38.8 Å². The molecule has 1 amide bonds. The van der Waals surface area contributed by atoms with Crippen LogP contribution >= 0.6 is 11.6 Å². The number of amides is 1. The number of phenolic OH excluding ortho intramolecular Hbond substituents is 1. The first kappa shape index (κ1) is 18.4. The van der Waals surface area contributed by atoms with Crippen molar-refractivity contribution in [3.63, 3.8) is 0 Å². The minimum Gasteiger partial charge on any atom is -0.504 e. The second-order valence-corrected chi connectivity index (χ2v) is 7.30. The lowest BCUT2D eigenvalue weighted by atomic mass is 10.0. The third-order valence-electron chi connectivity index (χ3n) is 4.78. The fourth-order valence-electron chi connectivity index (χ4n) is 3.48. The standard InChI is InChI=1S/C21H20ClN3O3/c1-13-8-18(24(2)23-13)21(27)25-6-7-28-20-16(12-25)9-15(11-19(20)26)14-4-3-5-17(22)10-14/h3-5,8-11,26H,6-7,12H2,1-2H3. The number of hydrogen-bond donors (Lipinski definition) is 1. The van der Waals surface area contributed by atoms with E-state index in [1.165, 1.54) is 0 Å². The average molecular weight is 398 g/mol. The molecule has 0 saturated heterocycles. The van der Waals surface area contributed by atoms with E-state index in [9.17, 15) is 9.90 Å². The van der Waals surface area contributed by atoms with Gasteiger partial charge in [0.15, 0.2) is 11.5 Å². The SMILES string of the molecule is Cc1cc(C(=O)N2CCOc3c(O)cc(-c4cccc(Cl)c4)cc3C2)n(C)n1. The van der Waals surface area contributed by atoms with Crippen molar-refractivity contribution in [2.24, 2.45) is 7.05 Å². The first-order valence-corrected chi connectivity index (χ1v) is 9.34. The molecule has 7 heteroatoms. The number of carbonyl (C=O) groups is 1. The highest BCUT2D eigenvalue weighted by Gasteiger charge is 2.25. The van der Waals surface area contributed by atoms with E-state index >= 15 is 0 Å². The number of hydrogen-bond acceptors (Lipinski definition) is 4. The normalized spacial score (nSPS) is 13.6. The minimum atomic E-state index is -0.118. The number of phenols is 1. The largest absolute Gasteiger partial charge is 0.504 e. The number of rotatable bonds is 2. The smallest absolute Gasteiger partial charge is 0.272 e. The minimum absolute atomic E-state index is 0.0538. The van der Waals surface area contributed by atoms with Crippen LogP contribution in [0.1, 0.15) is 21.7 Å². The summed E-state index contributed by atoms with van der Waals surface area (Å²) in [6, 6.07) is 12.8. The Balaban J connectivity index is 1.70. The van der Waals surface area contributed by atoms with E-state index < -0.39 is 0 Å². The van der Waals surface area contributed by atoms with E-state index in [4.69, 9.17) is 16.3 Å². The summed E-state index contributed by atoms with van der Waals surface area (Å²) in [6.07, 6.45) is 0. The summed E-state index contributed by atoms with van der Waals surface area (Å²) < 4.78 is 7.34. The van der Waals surface area contributed by atoms with Gasteiger partial charge in [-0.2, -0.15) is 5.10 Å². The molecule has 144 valence electrons. The van der Waals surface area contributed by atoms with Crippen molar-refractivity contribution in [2.45, 2.75) is 13.5 Å². The first-order chi connectivity index (χ1) is 13.4. The summed E-state index contributed by atoms with van der Waals surface area (Å²) in [6.45, 7) is 2.91. The molecule has 3 aromatic rings. The topological polar surface area (TPSA) is 67.6 Å². The molecule has 4 rings (SSSR count). The van der Waals surface area contributed by atoms with Gasteiger partial charge in [0, 0.05) is 24.2 Å². The lowest BCUT2D eigenvalue weighted by Crippen LogP contribution is -2.33. The second kappa shape index (κ2) is 7.20. The van der Waals surface area contributed by atoms with E-state index in [2.05, 4.69) is 5.10 Å². The number of benzene rings is 2. The van der Waals surface area contributed by atoms with Crippen LogP contribution in [0.4, 0.5) is 0 Å². The van der Waals surface area contributed by atoms with Crippen LogP contribution in [0.5, 0.6) is 11.5 Å². The number of carbonyl (C=O) groups excluding carboxylic acids is 1. The van der Waals surface area contributed by atoms with Crippen molar-refractivity contribution in [3.05, 3.63) is 64.4 Å². The molecule has 0 saturated carbocycles. The van der Waals surface area contributed by atoms with Crippen molar-refractivity contribution >= 4 is 17.5 Å². The van der Waals surface area contributed by atoms with Crippen LogP contribution in [0.15, 0.2) is 42.5 Å². The molecule has 2 heterocycles. The maximum absolute atomic E-state index is 13.0. The number of ether oxygens (including phenoxy) is 1. The summed E-state index contributed by atoms with van der Waals surface area (Å²) in [5.74, 6) is 0.354. The first-order valence-electron chi connectivity index (χ1n) is 8.97. The molecule has 1 N–H and O–H groups in total. The molecule has 1 aliphatic rings. The molecular weight excluding hydrogens is 378 g/mol. The van der Waals surface area contributed by atoms with Crippen LogP contribution < -0.4 is 4.74 Å². The summed E-state index contributed by atoms with van der Waals surface area (Å²) in [4.78, 5) is 14.7. The maximum Gasteiger partial charge on any atom is 0.272 e. The monoisotopic (exact) mass is 397 g/mol. The van der Waals surface area contributed by atoms with E-state index in [0.29, 0.717) is 36.2 Å². The summed E-state index contributed by atoms with van der Waals surface area (Å²) >= 11 is 6.11. The van der Waals surface area contributed by atoms with Crippen molar-refractivity contribution in [2.75, 3.05) is 13.2 Å². The Kier molecular flexibility index (Phi) is 4.73. The van der Waals surface area contributed by atoms with Crippen molar-refractivity contribution < 1.29 is 14.6 Å². The van der Waals surface area contributed by atoms with Crippen LogP contribution in [0.3, 0.4) is 0 Å². The fraction of sp³-hybridized carbons (Fsp3) is 0.238. The third kappa shape index (κ3) is 3.43. The zero-order chi connectivity index (χ0) is 19.8. The Morgan fingerprint density at radius 1 is 1.21 bits per heavy atom. The number of fused-ring (bicyclic) bond motifs is 1. The molecule has 28 heavy (non-hydrogen) atoms. The van der Waals surface area contributed by atoms with Gasteiger partial charge in [-0.05, 0) is 48.4 Å². The Bertz CT molecular complexity index is 1060. The number of aromatic nitrogens is 2. The zero-order valence-electron chi connectivity index (χ0n) is 15.6. The van der Waals surface area contributed by atoms with Gasteiger partial charge in [-0.25, -0.2) is 0 Å². The number of aromatic hydroxyl groups is 1. The van der Waals surface area contributed by atoms with Gasteiger partial charge in [0.05, 0.1) is 12.2 Å². The van der Waals surface area contributed by atoms with E-state index in [1.807, 2.05) is 31.2 Å². The summed E-state index contributed by atoms with van der Waals surface area (Å²) in [7, 11) is 1.76. The van der Waals surface area contributed by atoms with Gasteiger partial charge in [0.2, 0.25) is 0 Å². The van der Waals surface area contributed by atoms with Crippen molar-refractivity contribution in [1.29, 1.82) is 0 Å². The Morgan fingerprint density at radius 3 is 2.75 bits per heavy atom. The predicted octanol–water partition coefficient (Wildman–Crippen LogP) is 3.79. The van der Waals surface area contributed by atoms with Gasteiger partial charge >= 0.3 is 0 Å². The highest BCUT2D eigenvalue weighted by Crippen LogP contribution is 2.38. The lowest BCUT2D eigenvalue weighted by molar-refractivity contribution is 0.0722. The Labute approximate surface area is 167 Å². The maximum atomic E-state index is 13.0. The fourth-order valence-corrected chi connectivity index (χ4v) is 3.67. The van der Waals surface area contributed by atoms with Crippen LogP contribution in [-0.2, 0) is 13.6 Å². The molecular formula is C21H20ClN3O3. The van der Waals surface area contributed by atoms with E-state index in [1.54, 1.807) is 34.8 Å². The van der Waals surface area contributed by atoms with Crippen molar-refractivity contribution in [3.8, 4) is 22.6 Å². The van der Waals surface area contributed by atoms with Crippen LogP contribution in [0.2, 0.25) is 5.02 Å². The molecule has 6 nitrogen and oxygen atoms in total. The van der Waals surface area contributed by atoms with Crippen LogP contribution in [0, 0.1) is 6.92 Å². The lowest BCUT2D eigenvalue weighted by Gasteiger charge is -2.20. The van der Waals surface area contributed by atoms with Gasteiger partial charge in [-0.1, -0.05) is 23.7 Å². The molecule has 0 radical (unpaired) electrons. The van der Waals surface area contributed by atoms with Gasteiger partial charge in [-0.15, -0.1) is 0 Å². The van der Waals surface area contributed by atoms with Gasteiger partial charge in [-0.3, -0.25) is 9.48 Å².